The summed E-state index contributed by atoms with van der Waals surface area (Å²) in [4.78, 5) is 13.4. The summed E-state index contributed by atoms with van der Waals surface area (Å²) < 4.78 is 12.9. The van der Waals surface area contributed by atoms with E-state index in [0.29, 0.717) is 24.2 Å². The largest absolute Gasteiger partial charge is 0.352 e. The van der Waals surface area contributed by atoms with Crippen LogP contribution in [0.25, 0.3) is 0 Å². The van der Waals surface area contributed by atoms with E-state index in [-0.39, 0.29) is 11.7 Å². The van der Waals surface area contributed by atoms with Crippen molar-refractivity contribution in [2.75, 3.05) is 13.6 Å². The molecule has 1 aromatic carbocycles. The maximum atomic E-state index is 12.9. The summed E-state index contributed by atoms with van der Waals surface area (Å²) in [7, 11) is 1.84. The summed E-state index contributed by atoms with van der Waals surface area (Å²) in [6.07, 6.45) is 2.17. The third-order valence-corrected chi connectivity index (χ3v) is 3.16. The van der Waals surface area contributed by atoms with Crippen molar-refractivity contribution in [3.05, 3.63) is 34.6 Å². The molecule has 0 unspecified atom stereocenters. The van der Waals surface area contributed by atoms with Gasteiger partial charge in [0.25, 0.3) is 0 Å². The van der Waals surface area contributed by atoms with Crippen molar-refractivity contribution in [2.24, 2.45) is 0 Å². The van der Waals surface area contributed by atoms with Crippen LogP contribution in [0.1, 0.15) is 18.4 Å². The third kappa shape index (κ3) is 3.96. The first kappa shape index (κ1) is 13.3. The number of likely N-dealkylation sites (N-methyl/N-ethyl adjacent to an activating group) is 1. The fourth-order valence-electron chi connectivity index (χ4n) is 1.74. The predicted octanol–water partition coefficient (Wildman–Crippen LogP) is 2.19. The Labute approximate surface area is 111 Å². The Hall–Kier alpha value is -1.13. The number of hydrogen-bond acceptors (Lipinski definition) is 2. The topological polar surface area (TPSA) is 32.3 Å². The van der Waals surface area contributed by atoms with Crippen LogP contribution in [-0.4, -0.2) is 30.4 Å². The van der Waals surface area contributed by atoms with E-state index >= 15 is 0 Å². The van der Waals surface area contributed by atoms with E-state index in [1.165, 1.54) is 12.1 Å². The number of rotatable bonds is 5. The smallest absolute Gasteiger partial charge is 0.234 e. The van der Waals surface area contributed by atoms with Crippen molar-refractivity contribution < 1.29 is 9.18 Å². The SMILES string of the molecule is CN(CC(=O)NC1CC1)Cc1ccc(F)cc1Cl. The van der Waals surface area contributed by atoms with Gasteiger partial charge >= 0.3 is 0 Å². The Morgan fingerprint density at radius 1 is 1.56 bits per heavy atom. The minimum Gasteiger partial charge on any atom is -0.352 e. The zero-order valence-electron chi connectivity index (χ0n) is 10.2. The van der Waals surface area contributed by atoms with Gasteiger partial charge in [0.15, 0.2) is 0 Å². The van der Waals surface area contributed by atoms with Crippen LogP contribution < -0.4 is 5.32 Å². The molecule has 1 aliphatic carbocycles. The van der Waals surface area contributed by atoms with Gasteiger partial charge in [0.1, 0.15) is 5.82 Å². The number of benzene rings is 1. The number of nitrogens with zero attached hydrogens (tertiary/aromatic N) is 1. The van der Waals surface area contributed by atoms with Crippen LogP contribution >= 0.6 is 11.6 Å². The molecule has 5 heteroatoms. The highest BCUT2D eigenvalue weighted by atomic mass is 35.5. The van der Waals surface area contributed by atoms with Crippen LogP contribution in [0, 0.1) is 5.82 Å². The molecule has 1 aliphatic rings. The zero-order valence-corrected chi connectivity index (χ0v) is 11.0. The normalized spacial score (nSPS) is 14.9. The van der Waals surface area contributed by atoms with Gasteiger partial charge in [-0.05, 0) is 37.6 Å². The van der Waals surface area contributed by atoms with Crippen molar-refractivity contribution in [2.45, 2.75) is 25.4 Å². The third-order valence-electron chi connectivity index (χ3n) is 2.81. The average molecular weight is 271 g/mol. The Bertz CT molecular complexity index is 449. The highest BCUT2D eigenvalue weighted by molar-refractivity contribution is 6.31. The van der Waals surface area contributed by atoms with Crippen LogP contribution in [-0.2, 0) is 11.3 Å². The molecule has 1 fully saturated rings. The number of carbonyl (C=O) groups excluding carboxylic acids is 1. The Morgan fingerprint density at radius 2 is 2.28 bits per heavy atom. The zero-order chi connectivity index (χ0) is 13.1. The van der Waals surface area contributed by atoms with Gasteiger partial charge in [-0.15, -0.1) is 0 Å². The molecule has 98 valence electrons. The molecule has 1 amide bonds. The lowest BCUT2D eigenvalue weighted by Gasteiger charge is -2.17. The van der Waals surface area contributed by atoms with E-state index < -0.39 is 0 Å². The molecule has 3 nitrogen and oxygen atoms in total. The van der Waals surface area contributed by atoms with E-state index in [9.17, 15) is 9.18 Å². The van der Waals surface area contributed by atoms with E-state index in [2.05, 4.69) is 5.32 Å². The second-order valence-electron chi connectivity index (χ2n) is 4.75. The fraction of sp³-hybridized carbons (Fsp3) is 0.462. The minimum atomic E-state index is -0.349. The lowest BCUT2D eigenvalue weighted by molar-refractivity contribution is -0.122. The quantitative estimate of drug-likeness (QED) is 0.890. The van der Waals surface area contributed by atoms with Crippen LogP contribution in [0.15, 0.2) is 18.2 Å². The molecule has 18 heavy (non-hydrogen) atoms. The van der Waals surface area contributed by atoms with Gasteiger partial charge in [-0.3, -0.25) is 9.69 Å². The van der Waals surface area contributed by atoms with Crippen LogP contribution in [0.5, 0.6) is 0 Å². The fourth-order valence-corrected chi connectivity index (χ4v) is 1.97. The summed E-state index contributed by atoms with van der Waals surface area (Å²) in [5.41, 5.74) is 0.819. The maximum absolute atomic E-state index is 12.9. The Balaban J connectivity index is 1.85. The van der Waals surface area contributed by atoms with E-state index in [1.807, 2.05) is 11.9 Å². The standard InChI is InChI=1S/C13H16ClFN2O/c1-17(8-13(18)16-11-4-5-11)7-9-2-3-10(15)6-12(9)14/h2-3,6,11H,4-5,7-8H2,1H3,(H,16,18). The van der Waals surface area contributed by atoms with Gasteiger partial charge < -0.3 is 5.32 Å². The predicted molar refractivity (Wildman–Crippen MR) is 68.9 cm³/mol. The summed E-state index contributed by atoms with van der Waals surface area (Å²) in [5, 5.41) is 3.31. The van der Waals surface area contributed by atoms with Gasteiger partial charge in [-0.25, -0.2) is 4.39 Å². The molecule has 1 saturated carbocycles. The highest BCUT2D eigenvalue weighted by Crippen LogP contribution is 2.19. The lowest BCUT2D eigenvalue weighted by atomic mass is 10.2. The van der Waals surface area contributed by atoms with Crippen molar-refractivity contribution in [3.8, 4) is 0 Å². The van der Waals surface area contributed by atoms with Gasteiger partial charge in [0, 0.05) is 17.6 Å². The summed E-state index contributed by atoms with van der Waals surface area (Å²) in [6.45, 7) is 0.849. The van der Waals surface area contributed by atoms with Crippen LogP contribution in [0.4, 0.5) is 4.39 Å². The van der Waals surface area contributed by atoms with Gasteiger partial charge in [0.05, 0.1) is 6.54 Å². The molecular formula is C13H16ClFN2O. The number of nitrogens with one attached hydrogen (secondary N) is 1. The summed E-state index contributed by atoms with van der Waals surface area (Å²) in [6, 6.07) is 4.68. The molecule has 0 aromatic heterocycles. The first-order chi connectivity index (χ1) is 8.54. The first-order valence-electron chi connectivity index (χ1n) is 5.96. The second kappa shape index (κ2) is 5.67. The summed E-state index contributed by atoms with van der Waals surface area (Å²) >= 11 is 5.94. The Morgan fingerprint density at radius 3 is 2.89 bits per heavy atom. The average Bonchev–Trinajstić information content (AvgIpc) is 3.05. The van der Waals surface area contributed by atoms with Crippen molar-refractivity contribution >= 4 is 17.5 Å². The number of amides is 1. The summed E-state index contributed by atoms with van der Waals surface area (Å²) in [5.74, 6) is -0.323. The molecule has 1 aromatic rings. The number of carbonyl (C=O) groups is 1. The van der Waals surface area contributed by atoms with Crippen molar-refractivity contribution in [3.63, 3.8) is 0 Å². The van der Waals surface area contributed by atoms with Crippen LogP contribution in [0.3, 0.4) is 0 Å². The molecule has 0 aliphatic heterocycles. The Kier molecular flexibility index (Phi) is 4.19. The molecule has 0 bridgehead atoms. The molecule has 0 spiro atoms. The lowest BCUT2D eigenvalue weighted by Crippen LogP contribution is -2.35. The molecule has 0 heterocycles. The number of hydrogen-bond donors (Lipinski definition) is 1. The molecule has 2 rings (SSSR count). The first-order valence-corrected chi connectivity index (χ1v) is 6.34. The molecule has 0 atom stereocenters. The molecule has 0 radical (unpaired) electrons. The number of halogens is 2. The molecule has 0 saturated heterocycles. The molecule has 1 N–H and O–H groups in total. The van der Waals surface area contributed by atoms with Crippen LogP contribution in [0.2, 0.25) is 5.02 Å². The van der Waals surface area contributed by atoms with Gasteiger partial charge in [-0.2, -0.15) is 0 Å². The van der Waals surface area contributed by atoms with Crippen molar-refractivity contribution in [1.29, 1.82) is 0 Å². The van der Waals surface area contributed by atoms with E-state index in [0.717, 1.165) is 18.4 Å². The minimum absolute atomic E-state index is 0.0261. The van der Waals surface area contributed by atoms with E-state index in [1.54, 1.807) is 6.07 Å². The van der Waals surface area contributed by atoms with E-state index in [4.69, 9.17) is 11.6 Å². The van der Waals surface area contributed by atoms with Crippen molar-refractivity contribution in [1.82, 2.24) is 10.2 Å². The van der Waals surface area contributed by atoms with Gasteiger partial charge in [0.2, 0.25) is 5.91 Å². The highest BCUT2D eigenvalue weighted by Gasteiger charge is 2.23. The monoisotopic (exact) mass is 270 g/mol. The maximum Gasteiger partial charge on any atom is 0.234 e. The van der Waals surface area contributed by atoms with Gasteiger partial charge in [-0.1, -0.05) is 17.7 Å². The second-order valence-corrected chi connectivity index (χ2v) is 5.16. The molecular weight excluding hydrogens is 255 g/mol.